The van der Waals surface area contributed by atoms with Crippen molar-refractivity contribution in [3.05, 3.63) is 154 Å². The number of nitrogens with zero attached hydrogens (tertiary/aromatic N) is 4. The zero-order valence-corrected chi connectivity index (χ0v) is 45.8. The average Bonchev–Trinajstić information content (AvgIpc) is 4.14. The van der Waals surface area contributed by atoms with Crippen LogP contribution in [0.3, 0.4) is 0 Å². The molecule has 1 N–H and O–H groups in total. The number of allylic oxidation sites excluding steroid dienone is 2. The normalized spacial score (nSPS) is 22.7. The minimum absolute atomic E-state index is 0. The van der Waals surface area contributed by atoms with E-state index in [1.807, 2.05) is 56.2 Å². The molecule has 9 nitrogen and oxygen atoms in total. The number of amides is 2. The van der Waals surface area contributed by atoms with Crippen molar-refractivity contribution in [3.63, 3.8) is 0 Å². The molecule has 0 saturated carbocycles. The summed E-state index contributed by atoms with van der Waals surface area (Å²) in [6.45, 7) is 23.0. The Hall–Kier alpha value is -5.50. The zero-order valence-electron chi connectivity index (χ0n) is 45.0. The van der Waals surface area contributed by atoms with E-state index in [-0.39, 0.29) is 63.7 Å². The Morgan fingerprint density at radius 2 is 0.960 bits per heavy atom. The lowest BCUT2D eigenvalue weighted by atomic mass is 9.74. The number of likely N-dealkylation sites (tertiary alicyclic amines) is 4. The van der Waals surface area contributed by atoms with E-state index in [1.165, 1.54) is 46.5 Å². The van der Waals surface area contributed by atoms with Crippen LogP contribution in [0.4, 0.5) is 22.4 Å². The quantitative estimate of drug-likeness (QED) is 0.204. The summed E-state index contributed by atoms with van der Waals surface area (Å²) in [6.07, 6.45) is 12.6. The molecular weight excluding hydrogens is 980 g/mol. The molecule has 0 bridgehead atoms. The van der Waals surface area contributed by atoms with Crippen LogP contribution in [0.2, 0.25) is 0 Å². The molecule has 2 unspecified atom stereocenters. The number of carbonyl (C=O) groups is 3. The van der Waals surface area contributed by atoms with Crippen LogP contribution in [0.25, 0.3) is 12.2 Å². The minimum atomic E-state index is -0.939. The molecule has 0 radical (unpaired) electrons. The van der Waals surface area contributed by atoms with Crippen molar-refractivity contribution in [1.82, 2.24) is 19.6 Å². The van der Waals surface area contributed by atoms with Crippen molar-refractivity contribution in [1.29, 1.82) is 0 Å². The van der Waals surface area contributed by atoms with Gasteiger partial charge in [-0.1, -0.05) is 85.0 Å². The number of carbonyl (C=O) groups excluding carboxylic acids is 2. The number of rotatable bonds is 4. The maximum Gasteiger partial charge on any atom is 0.410 e. The fraction of sp³-hybridized carbons (Fsp3) is 0.492. The van der Waals surface area contributed by atoms with Gasteiger partial charge in [-0.25, -0.2) is 22.4 Å². The van der Waals surface area contributed by atoms with Gasteiger partial charge in [0.15, 0.2) is 0 Å². The maximum absolute atomic E-state index is 14.8. The first-order valence-electron chi connectivity index (χ1n) is 26.2. The predicted molar refractivity (Wildman–Crippen MR) is 290 cm³/mol. The van der Waals surface area contributed by atoms with Gasteiger partial charge < -0.3 is 19.6 Å². The summed E-state index contributed by atoms with van der Waals surface area (Å²) in [5.41, 5.74) is 5.51. The van der Waals surface area contributed by atoms with E-state index in [4.69, 9.17) is 4.74 Å². The second-order valence-electron chi connectivity index (χ2n) is 24.2. The van der Waals surface area contributed by atoms with E-state index in [9.17, 15) is 37.1 Å². The highest BCUT2D eigenvalue weighted by Gasteiger charge is 2.47. The lowest BCUT2D eigenvalue weighted by molar-refractivity contribution is -0.142. The Labute approximate surface area is 447 Å². The summed E-state index contributed by atoms with van der Waals surface area (Å²) in [4.78, 5) is 45.4. The molecular formula is C61H75ClF4N4O5. The molecule has 2 aliphatic carbocycles. The van der Waals surface area contributed by atoms with Crippen LogP contribution >= 0.6 is 12.4 Å². The largest absolute Gasteiger partial charge is 0.481 e. The molecule has 2 amide bonds. The molecule has 6 aliphatic rings. The third-order valence-electron chi connectivity index (χ3n) is 16.3. The van der Waals surface area contributed by atoms with E-state index in [2.05, 4.69) is 98.5 Å². The van der Waals surface area contributed by atoms with Crippen molar-refractivity contribution in [2.75, 3.05) is 52.4 Å². The van der Waals surface area contributed by atoms with Gasteiger partial charge in [0.05, 0.1) is 11.8 Å². The van der Waals surface area contributed by atoms with Gasteiger partial charge in [-0.2, -0.15) is 0 Å². The van der Waals surface area contributed by atoms with Crippen molar-refractivity contribution in [2.24, 2.45) is 11.8 Å². The number of piperidine rings is 2. The van der Waals surface area contributed by atoms with Crippen molar-refractivity contribution >= 4 is 42.5 Å². The molecule has 4 atom stereocenters. The zero-order chi connectivity index (χ0) is 53.5. The van der Waals surface area contributed by atoms with Crippen LogP contribution in [0.1, 0.15) is 133 Å². The maximum atomic E-state index is 14.8. The van der Waals surface area contributed by atoms with Crippen molar-refractivity contribution < 1.29 is 41.8 Å². The van der Waals surface area contributed by atoms with E-state index in [0.717, 1.165) is 50.9 Å². The third-order valence-corrected chi connectivity index (χ3v) is 16.3. The first-order valence-corrected chi connectivity index (χ1v) is 26.2. The number of hydrogen-bond donors (Lipinski definition) is 1. The van der Waals surface area contributed by atoms with Gasteiger partial charge in [0, 0.05) is 98.2 Å². The van der Waals surface area contributed by atoms with Gasteiger partial charge in [0.1, 0.15) is 28.9 Å². The molecule has 75 heavy (non-hydrogen) atoms. The van der Waals surface area contributed by atoms with E-state index in [1.54, 1.807) is 0 Å². The number of hydrogen-bond acceptors (Lipinski definition) is 6. The molecule has 4 aliphatic heterocycles. The number of carboxylic acids is 1. The van der Waals surface area contributed by atoms with Gasteiger partial charge in [-0.05, 0) is 134 Å². The monoisotopic (exact) mass is 1050 g/mol. The van der Waals surface area contributed by atoms with Crippen LogP contribution in [0, 0.1) is 35.1 Å². The third kappa shape index (κ3) is 12.5. The minimum Gasteiger partial charge on any atom is -0.481 e. The topological polar surface area (TPSA) is 93.6 Å². The average molecular weight is 1060 g/mol. The second kappa shape index (κ2) is 22.2. The number of halogens is 5. The summed E-state index contributed by atoms with van der Waals surface area (Å²) in [7, 11) is 0. The van der Waals surface area contributed by atoms with Crippen molar-refractivity contribution in [3.8, 4) is 0 Å². The van der Waals surface area contributed by atoms with Gasteiger partial charge in [-0.15, -0.1) is 12.4 Å². The highest BCUT2D eigenvalue weighted by molar-refractivity contribution is 5.85. The van der Waals surface area contributed by atoms with Crippen LogP contribution in [0.15, 0.2) is 97.1 Å². The Morgan fingerprint density at radius 3 is 1.36 bits per heavy atom. The molecule has 14 heteroatoms. The molecule has 4 saturated heterocycles. The molecule has 0 aromatic heterocycles. The highest BCUT2D eigenvalue weighted by atomic mass is 35.5. The summed E-state index contributed by atoms with van der Waals surface area (Å²) < 4.78 is 60.7. The van der Waals surface area contributed by atoms with Crippen molar-refractivity contribution in [2.45, 2.75) is 127 Å². The van der Waals surface area contributed by atoms with E-state index < -0.39 is 46.7 Å². The number of aliphatic carboxylic acids is 1. The Kier molecular flexibility index (Phi) is 17.0. The summed E-state index contributed by atoms with van der Waals surface area (Å²) >= 11 is 0. The van der Waals surface area contributed by atoms with Gasteiger partial charge in [-0.3, -0.25) is 19.4 Å². The standard InChI is InChI=1S/C28H32F2N2O.C18H23NO2.C15H19F2NO2.ClH/c1-27(2,3)32-17-22(21-9-8-20(29)16-25(21)30)23(18-32)26(33)31-14-12-28(13-15-31)11-10-19-6-4-5-7-24(19)28;1-17(2,3)21-16(20)19-12-10-18(11-13-19)9-8-14-6-4-5-7-15(14)18;1-15(2,3)18-7-11(12(8-18)14(19)20)10-5-4-9(16)6-13(10)17;/h4-11,16,22-23H,12-15,17-18H2,1-3H3;4-9H,10-13H2,1-3H3;4-6,11-12H,7-8H2,1-3H3,(H,19,20);1H/t22-,23?;;11-,12?;/m0.0./s1. The van der Waals surface area contributed by atoms with Crippen LogP contribution in [-0.4, -0.2) is 112 Å². The summed E-state index contributed by atoms with van der Waals surface area (Å²) in [6, 6.07) is 24.2. The van der Waals surface area contributed by atoms with Gasteiger partial charge in [0.25, 0.3) is 0 Å². The molecule has 4 aromatic rings. The number of ether oxygens (including phenoxy) is 1. The Balaban J connectivity index is 0.000000171. The van der Waals surface area contributed by atoms with Gasteiger partial charge >= 0.3 is 12.1 Å². The van der Waals surface area contributed by atoms with E-state index >= 15 is 0 Å². The van der Waals surface area contributed by atoms with Gasteiger partial charge in [0.2, 0.25) is 5.91 Å². The fourth-order valence-electron chi connectivity index (χ4n) is 12.0. The predicted octanol–water partition coefficient (Wildman–Crippen LogP) is 12.6. The first-order chi connectivity index (χ1) is 34.8. The molecule has 10 rings (SSSR count). The number of carboxylic acid groups (broad SMARTS) is 1. The summed E-state index contributed by atoms with van der Waals surface area (Å²) in [5.74, 6) is -5.03. The molecule has 4 fully saturated rings. The smallest absolute Gasteiger partial charge is 0.410 e. The van der Waals surface area contributed by atoms with Crippen LogP contribution in [0.5, 0.6) is 0 Å². The lowest BCUT2D eigenvalue weighted by Crippen LogP contribution is -2.47. The number of fused-ring (bicyclic) bond motifs is 4. The van der Waals surface area contributed by atoms with Crippen LogP contribution in [-0.2, 0) is 25.2 Å². The summed E-state index contributed by atoms with van der Waals surface area (Å²) in [5, 5.41) is 9.35. The molecule has 4 heterocycles. The Morgan fingerprint density at radius 1 is 0.560 bits per heavy atom. The Bertz CT molecular complexity index is 2780. The molecule has 404 valence electrons. The second-order valence-corrected chi connectivity index (χ2v) is 24.2. The first kappa shape index (κ1) is 57.2. The SMILES string of the molecule is CC(C)(C)N1CC(C(=O)N2CCC3(C=Cc4ccccc43)CC2)[C@H](c2ccc(F)cc2F)C1.CC(C)(C)N1CC(C(=O)O)[C@H](c2ccc(F)cc2F)C1.CC(C)(C)OC(=O)N1CCC2(C=Cc3ccccc32)CC1.Cl. The molecule has 4 aromatic carbocycles. The van der Waals surface area contributed by atoms with E-state index in [0.29, 0.717) is 44.8 Å². The molecule has 2 spiro atoms. The lowest BCUT2D eigenvalue weighted by Gasteiger charge is -2.40. The van der Waals surface area contributed by atoms with Crippen LogP contribution < -0.4 is 0 Å². The highest BCUT2D eigenvalue weighted by Crippen LogP contribution is 2.46. The fourth-order valence-corrected chi connectivity index (χ4v) is 12.0. The number of benzene rings is 4.